The maximum absolute atomic E-state index is 12.7. The molecular formula is C23H30N2O2. The third kappa shape index (κ3) is 4.33. The van der Waals surface area contributed by atoms with Gasteiger partial charge in [-0.25, -0.2) is 0 Å². The third-order valence-corrected chi connectivity index (χ3v) is 5.52. The second-order valence-electron chi connectivity index (χ2n) is 7.07. The summed E-state index contributed by atoms with van der Waals surface area (Å²) in [5.74, 6) is 0.882. The van der Waals surface area contributed by atoms with Gasteiger partial charge >= 0.3 is 0 Å². The van der Waals surface area contributed by atoms with Gasteiger partial charge in [-0.05, 0) is 55.6 Å². The number of likely N-dealkylation sites (tertiary alicyclic amines) is 1. The van der Waals surface area contributed by atoms with Crippen molar-refractivity contribution >= 4 is 5.91 Å². The number of nitrogens with one attached hydrogen (secondary N) is 1. The van der Waals surface area contributed by atoms with E-state index in [2.05, 4.69) is 30.1 Å². The minimum absolute atomic E-state index is 0.00887. The number of likely N-dealkylation sites (N-methyl/N-ethyl adjacent to an activating group) is 1. The number of ether oxygens (including phenoxy) is 1. The van der Waals surface area contributed by atoms with Crippen LogP contribution in [0.4, 0.5) is 0 Å². The molecule has 27 heavy (non-hydrogen) atoms. The van der Waals surface area contributed by atoms with Gasteiger partial charge in [0.15, 0.2) is 0 Å². The molecule has 1 aliphatic rings. The van der Waals surface area contributed by atoms with Crippen LogP contribution in [0.3, 0.4) is 0 Å². The molecule has 3 rings (SSSR count). The molecule has 1 atom stereocenters. The van der Waals surface area contributed by atoms with E-state index in [0.29, 0.717) is 18.2 Å². The molecule has 2 aromatic rings. The van der Waals surface area contributed by atoms with Gasteiger partial charge in [0.25, 0.3) is 5.91 Å². The standard InChI is InChI=1S/C23H30N2O2/c1-4-17-9-7-13-21(22(17)27-3)18-10-6-11-19(15-18)23(26)24-16-20-12-8-14-25(20)5-2/h6-7,9-11,13,15,20H,4-5,8,12,14,16H2,1-3H3,(H,24,26). The average Bonchev–Trinajstić information content (AvgIpc) is 3.18. The van der Waals surface area contributed by atoms with E-state index in [1.165, 1.54) is 12.0 Å². The highest BCUT2D eigenvalue weighted by atomic mass is 16.5. The van der Waals surface area contributed by atoms with Crippen LogP contribution in [0.5, 0.6) is 5.75 Å². The van der Waals surface area contributed by atoms with Gasteiger partial charge in [0.2, 0.25) is 0 Å². The molecule has 0 radical (unpaired) electrons. The number of amides is 1. The molecule has 0 aromatic heterocycles. The molecule has 4 nitrogen and oxygen atoms in total. The Hall–Kier alpha value is -2.33. The number of benzene rings is 2. The van der Waals surface area contributed by atoms with Crippen molar-refractivity contribution in [3.8, 4) is 16.9 Å². The lowest BCUT2D eigenvalue weighted by atomic mass is 9.98. The average molecular weight is 367 g/mol. The number of carbonyl (C=O) groups is 1. The lowest BCUT2D eigenvalue weighted by Crippen LogP contribution is -2.40. The number of hydrogen-bond donors (Lipinski definition) is 1. The molecule has 1 saturated heterocycles. The third-order valence-electron chi connectivity index (χ3n) is 5.52. The van der Waals surface area contributed by atoms with Crippen LogP contribution in [-0.4, -0.2) is 43.6 Å². The van der Waals surface area contributed by atoms with Gasteiger partial charge in [0, 0.05) is 23.7 Å². The number of methoxy groups -OCH3 is 1. The summed E-state index contributed by atoms with van der Waals surface area (Å²) in [5.41, 5.74) is 3.90. The number of rotatable bonds is 7. The molecule has 144 valence electrons. The Labute approximate surface area is 162 Å². The summed E-state index contributed by atoms with van der Waals surface area (Å²) in [6.07, 6.45) is 3.29. The molecule has 1 N–H and O–H groups in total. The van der Waals surface area contributed by atoms with Gasteiger partial charge in [-0.1, -0.05) is 44.2 Å². The Kier molecular flexibility index (Phi) is 6.51. The van der Waals surface area contributed by atoms with E-state index in [-0.39, 0.29) is 5.91 Å². The van der Waals surface area contributed by atoms with Crippen molar-refractivity contribution < 1.29 is 9.53 Å². The Morgan fingerprint density at radius 3 is 2.78 bits per heavy atom. The van der Waals surface area contributed by atoms with E-state index in [1.807, 2.05) is 36.4 Å². The predicted octanol–water partition coefficient (Wildman–Crippen LogP) is 4.14. The molecule has 2 aromatic carbocycles. The first-order valence-corrected chi connectivity index (χ1v) is 9.96. The Balaban J connectivity index is 1.77. The number of carbonyl (C=O) groups excluding carboxylic acids is 1. The van der Waals surface area contributed by atoms with Crippen LogP contribution in [-0.2, 0) is 6.42 Å². The highest BCUT2D eigenvalue weighted by Crippen LogP contribution is 2.33. The van der Waals surface area contributed by atoms with Crippen LogP contribution < -0.4 is 10.1 Å². The number of aryl methyl sites for hydroxylation is 1. The van der Waals surface area contributed by atoms with Gasteiger partial charge in [0.05, 0.1) is 7.11 Å². The second kappa shape index (κ2) is 9.05. The lowest BCUT2D eigenvalue weighted by Gasteiger charge is -2.23. The fourth-order valence-electron chi connectivity index (χ4n) is 4.01. The van der Waals surface area contributed by atoms with Gasteiger partial charge < -0.3 is 10.1 Å². The number of nitrogens with zero attached hydrogens (tertiary/aromatic N) is 1. The minimum Gasteiger partial charge on any atom is -0.496 e. The highest BCUT2D eigenvalue weighted by Gasteiger charge is 2.23. The first-order chi connectivity index (χ1) is 13.2. The molecule has 0 spiro atoms. The summed E-state index contributed by atoms with van der Waals surface area (Å²) < 4.78 is 5.66. The van der Waals surface area contributed by atoms with Crippen molar-refractivity contribution in [2.45, 2.75) is 39.2 Å². The monoisotopic (exact) mass is 366 g/mol. The minimum atomic E-state index is -0.00887. The summed E-state index contributed by atoms with van der Waals surface area (Å²) in [7, 11) is 1.70. The van der Waals surface area contributed by atoms with Gasteiger partial charge in [-0.15, -0.1) is 0 Å². The topological polar surface area (TPSA) is 41.6 Å². The Morgan fingerprint density at radius 2 is 2.04 bits per heavy atom. The van der Waals surface area contributed by atoms with E-state index < -0.39 is 0 Å². The second-order valence-corrected chi connectivity index (χ2v) is 7.07. The van der Waals surface area contributed by atoms with Crippen LogP contribution in [0.1, 0.15) is 42.6 Å². The van der Waals surface area contributed by atoms with Crippen molar-refractivity contribution in [3.05, 3.63) is 53.6 Å². The number of para-hydroxylation sites is 1. The largest absolute Gasteiger partial charge is 0.496 e. The van der Waals surface area contributed by atoms with E-state index >= 15 is 0 Å². The molecule has 0 saturated carbocycles. The van der Waals surface area contributed by atoms with Gasteiger partial charge in [0.1, 0.15) is 5.75 Å². The molecule has 1 aliphatic heterocycles. The first-order valence-electron chi connectivity index (χ1n) is 9.96. The molecule has 1 amide bonds. The van der Waals surface area contributed by atoms with Crippen molar-refractivity contribution in [1.82, 2.24) is 10.2 Å². The number of hydrogen-bond acceptors (Lipinski definition) is 3. The first kappa shape index (κ1) is 19.4. The molecule has 0 aliphatic carbocycles. The van der Waals surface area contributed by atoms with Crippen molar-refractivity contribution in [3.63, 3.8) is 0 Å². The van der Waals surface area contributed by atoms with E-state index in [9.17, 15) is 4.79 Å². The smallest absolute Gasteiger partial charge is 0.251 e. The van der Waals surface area contributed by atoms with Crippen molar-refractivity contribution in [2.75, 3.05) is 26.7 Å². The van der Waals surface area contributed by atoms with Crippen LogP contribution in [0.15, 0.2) is 42.5 Å². The molecule has 4 heteroatoms. The zero-order valence-corrected chi connectivity index (χ0v) is 16.6. The van der Waals surface area contributed by atoms with Gasteiger partial charge in [-0.3, -0.25) is 9.69 Å². The van der Waals surface area contributed by atoms with Crippen molar-refractivity contribution in [1.29, 1.82) is 0 Å². The Morgan fingerprint density at radius 1 is 1.22 bits per heavy atom. The zero-order chi connectivity index (χ0) is 19.2. The quantitative estimate of drug-likeness (QED) is 0.801. The van der Waals surface area contributed by atoms with Crippen LogP contribution in [0, 0.1) is 0 Å². The van der Waals surface area contributed by atoms with Crippen molar-refractivity contribution in [2.24, 2.45) is 0 Å². The normalized spacial score (nSPS) is 17.1. The molecule has 1 unspecified atom stereocenters. The Bertz CT molecular complexity index is 788. The summed E-state index contributed by atoms with van der Waals surface area (Å²) in [4.78, 5) is 15.1. The molecular weight excluding hydrogens is 336 g/mol. The fraction of sp³-hybridized carbons (Fsp3) is 0.435. The fourth-order valence-corrected chi connectivity index (χ4v) is 4.01. The van der Waals surface area contributed by atoms with Crippen LogP contribution >= 0.6 is 0 Å². The summed E-state index contributed by atoms with van der Waals surface area (Å²) >= 11 is 0. The SMILES string of the molecule is CCc1cccc(-c2cccc(C(=O)NCC3CCCN3CC)c2)c1OC. The zero-order valence-electron chi connectivity index (χ0n) is 16.6. The molecule has 1 fully saturated rings. The van der Waals surface area contributed by atoms with Crippen LogP contribution in [0.2, 0.25) is 0 Å². The maximum Gasteiger partial charge on any atom is 0.251 e. The van der Waals surface area contributed by atoms with E-state index in [1.54, 1.807) is 7.11 Å². The van der Waals surface area contributed by atoms with Crippen LogP contribution in [0.25, 0.3) is 11.1 Å². The van der Waals surface area contributed by atoms with Gasteiger partial charge in [-0.2, -0.15) is 0 Å². The summed E-state index contributed by atoms with van der Waals surface area (Å²) in [6.45, 7) is 7.20. The predicted molar refractivity (Wildman–Crippen MR) is 110 cm³/mol. The maximum atomic E-state index is 12.7. The molecule has 1 heterocycles. The van der Waals surface area contributed by atoms with E-state index in [4.69, 9.17) is 4.74 Å². The van der Waals surface area contributed by atoms with E-state index in [0.717, 1.165) is 42.8 Å². The molecule has 0 bridgehead atoms. The summed E-state index contributed by atoms with van der Waals surface area (Å²) in [5, 5.41) is 3.12. The lowest BCUT2D eigenvalue weighted by molar-refractivity contribution is 0.0941. The summed E-state index contributed by atoms with van der Waals surface area (Å²) in [6, 6.07) is 14.4. The highest BCUT2D eigenvalue weighted by molar-refractivity contribution is 5.95.